The van der Waals surface area contributed by atoms with Crippen LogP contribution in [0.2, 0.25) is 0 Å². The van der Waals surface area contributed by atoms with E-state index in [1.165, 1.54) is 58.2 Å². The van der Waals surface area contributed by atoms with Gasteiger partial charge in [-0.3, -0.25) is 4.90 Å². The zero-order valence-electron chi connectivity index (χ0n) is 17.3. The van der Waals surface area contributed by atoms with E-state index in [0.717, 1.165) is 6.04 Å². The molecule has 2 nitrogen and oxygen atoms in total. The summed E-state index contributed by atoms with van der Waals surface area (Å²) >= 11 is 0. The predicted molar refractivity (Wildman–Crippen MR) is 104 cm³/mol. The predicted octanol–water partition coefficient (Wildman–Crippen LogP) is 5.81. The molecule has 0 aromatic carbocycles. The summed E-state index contributed by atoms with van der Waals surface area (Å²) in [6, 6.07) is 0.847. The summed E-state index contributed by atoms with van der Waals surface area (Å²) in [7, 11) is 2.19. The fourth-order valence-electron chi connectivity index (χ4n) is 3.47. The Balaban J connectivity index is 0. The van der Waals surface area contributed by atoms with Gasteiger partial charge in [0.15, 0.2) is 0 Å². The maximum absolute atomic E-state index is 2.66. The summed E-state index contributed by atoms with van der Waals surface area (Å²) in [5.74, 6) is 0. The van der Waals surface area contributed by atoms with E-state index in [1.54, 1.807) is 0 Å². The molecule has 2 heteroatoms. The van der Waals surface area contributed by atoms with Gasteiger partial charge in [-0.1, -0.05) is 41.5 Å². The quantitative estimate of drug-likeness (QED) is 0.556. The lowest BCUT2D eigenvalue weighted by Gasteiger charge is -2.26. The Morgan fingerprint density at radius 1 is 0.773 bits per heavy atom. The average molecular weight is 315 g/mol. The molecule has 0 spiro atoms. The van der Waals surface area contributed by atoms with Crippen molar-refractivity contribution >= 4 is 0 Å². The normalized spacial score (nSPS) is 25.2. The fraction of sp³-hybridized carbons (Fsp3) is 1.00. The highest BCUT2D eigenvalue weighted by Gasteiger charge is 2.39. The van der Waals surface area contributed by atoms with Gasteiger partial charge in [0.25, 0.3) is 0 Å². The lowest BCUT2D eigenvalue weighted by Crippen LogP contribution is -2.34. The smallest absolute Gasteiger partial charge is 0.0182 e. The number of likely N-dealkylation sites (tertiary alicyclic amines) is 1. The van der Waals surface area contributed by atoms with Crippen molar-refractivity contribution in [1.82, 2.24) is 9.80 Å². The molecule has 22 heavy (non-hydrogen) atoms. The molecule has 136 valence electrons. The third kappa shape index (κ3) is 7.97. The highest BCUT2D eigenvalue weighted by molar-refractivity contribution is 4.96. The molecule has 3 aliphatic rings. The number of hydrogen-bond donors (Lipinski definition) is 0. The lowest BCUT2D eigenvalue weighted by molar-refractivity contribution is 0.218. The first-order chi connectivity index (χ1) is 10.6. The average Bonchev–Trinajstić information content (AvgIpc) is 3.22. The Morgan fingerprint density at radius 3 is 1.45 bits per heavy atom. The minimum absolute atomic E-state index is 0.639. The van der Waals surface area contributed by atoms with Crippen LogP contribution in [0.1, 0.15) is 93.9 Å². The summed E-state index contributed by atoms with van der Waals surface area (Å²) in [5, 5.41) is 0. The van der Waals surface area contributed by atoms with Crippen molar-refractivity contribution in [2.75, 3.05) is 26.7 Å². The van der Waals surface area contributed by atoms with Crippen LogP contribution < -0.4 is 0 Å². The van der Waals surface area contributed by atoms with E-state index in [9.17, 15) is 0 Å². The van der Waals surface area contributed by atoms with Gasteiger partial charge in [0.1, 0.15) is 0 Å². The van der Waals surface area contributed by atoms with Gasteiger partial charge in [-0.05, 0) is 79.1 Å². The van der Waals surface area contributed by atoms with Crippen LogP contribution in [0.3, 0.4) is 0 Å². The van der Waals surface area contributed by atoms with Gasteiger partial charge in [0.05, 0.1) is 0 Å². The second kappa shape index (κ2) is 14.5. The van der Waals surface area contributed by atoms with Gasteiger partial charge in [0.2, 0.25) is 0 Å². The summed E-state index contributed by atoms with van der Waals surface area (Å²) in [6.07, 6.45) is 8.58. The molecule has 0 aromatic heterocycles. The lowest BCUT2D eigenvalue weighted by atomic mass is 9.97. The van der Waals surface area contributed by atoms with E-state index in [0.29, 0.717) is 5.54 Å². The molecule has 1 unspecified atom stereocenters. The van der Waals surface area contributed by atoms with Crippen molar-refractivity contribution in [3.05, 3.63) is 0 Å². The van der Waals surface area contributed by atoms with E-state index in [1.807, 2.05) is 41.5 Å². The minimum Gasteiger partial charge on any atom is -0.304 e. The first-order valence-corrected chi connectivity index (χ1v) is 10.1. The van der Waals surface area contributed by atoms with Crippen molar-refractivity contribution in [1.29, 1.82) is 0 Å². The van der Waals surface area contributed by atoms with Crippen molar-refractivity contribution in [3.63, 3.8) is 0 Å². The van der Waals surface area contributed by atoms with Gasteiger partial charge in [0, 0.05) is 11.6 Å². The summed E-state index contributed by atoms with van der Waals surface area (Å²) in [5.41, 5.74) is 0.639. The number of nitrogens with zero attached hydrogens (tertiary/aromatic N) is 2. The Hall–Kier alpha value is -0.0800. The van der Waals surface area contributed by atoms with Crippen molar-refractivity contribution in [2.24, 2.45) is 0 Å². The second-order valence-corrected chi connectivity index (χ2v) is 6.16. The number of fused-ring (bicyclic) bond motifs is 1. The highest BCUT2D eigenvalue weighted by Crippen LogP contribution is 2.37. The molecule has 3 rings (SSSR count). The van der Waals surface area contributed by atoms with E-state index in [2.05, 4.69) is 30.7 Å². The Kier molecular flexibility index (Phi) is 15.9. The molecule has 1 atom stereocenters. The van der Waals surface area contributed by atoms with Gasteiger partial charge in [-0.2, -0.15) is 0 Å². The first-order valence-electron chi connectivity index (χ1n) is 10.1. The van der Waals surface area contributed by atoms with E-state index >= 15 is 0 Å². The maximum Gasteiger partial charge on any atom is 0.0182 e. The van der Waals surface area contributed by atoms with Crippen LogP contribution in [-0.4, -0.2) is 48.1 Å². The molecule has 0 amide bonds. The van der Waals surface area contributed by atoms with Crippen LogP contribution in [0.5, 0.6) is 0 Å². The van der Waals surface area contributed by atoms with Crippen molar-refractivity contribution in [2.45, 2.75) is 105 Å². The first kappa shape index (κ1) is 24.2. The Bertz CT molecular complexity index is 210. The van der Waals surface area contributed by atoms with Crippen LogP contribution in [0.15, 0.2) is 0 Å². The van der Waals surface area contributed by atoms with Crippen molar-refractivity contribution < 1.29 is 0 Å². The third-order valence-electron chi connectivity index (χ3n) is 4.94. The SMILES string of the molecule is CC.CC.CC.CC12CCCN1CCC2.CC1CCCN1C. The molecule has 3 heterocycles. The molecule has 3 fully saturated rings. The third-order valence-corrected chi connectivity index (χ3v) is 4.94. The van der Waals surface area contributed by atoms with Crippen LogP contribution >= 0.6 is 0 Å². The zero-order chi connectivity index (χ0) is 17.6. The summed E-state index contributed by atoms with van der Waals surface area (Å²) < 4.78 is 0. The topological polar surface area (TPSA) is 6.48 Å². The highest BCUT2D eigenvalue weighted by atomic mass is 15.2. The molecular formula is C20H46N2. The van der Waals surface area contributed by atoms with E-state index < -0.39 is 0 Å². The molecule has 0 saturated carbocycles. The maximum atomic E-state index is 2.66. The molecule has 3 aliphatic heterocycles. The molecular weight excluding hydrogens is 268 g/mol. The second-order valence-electron chi connectivity index (χ2n) is 6.16. The van der Waals surface area contributed by atoms with Gasteiger partial charge in [-0.25, -0.2) is 0 Å². The molecule has 0 aliphatic carbocycles. The molecule has 0 aromatic rings. The van der Waals surface area contributed by atoms with Crippen molar-refractivity contribution in [3.8, 4) is 0 Å². The Labute approximate surface area is 142 Å². The van der Waals surface area contributed by atoms with Gasteiger partial charge >= 0.3 is 0 Å². The fourth-order valence-corrected chi connectivity index (χ4v) is 3.47. The largest absolute Gasteiger partial charge is 0.304 e. The zero-order valence-corrected chi connectivity index (χ0v) is 17.3. The molecule has 3 saturated heterocycles. The number of rotatable bonds is 0. The number of hydrogen-bond acceptors (Lipinski definition) is 2. The van der Waals surface area contributed by atoms with Crippen LogP contribution in [-0.2, 0) is 0 Å². The van der Waals surface area contributed by atoms with Crippen LogP contribution in [0, 0.1) is 0 Å². The molecule has 0 bridgehead atoms. The van der Waals surface area contributed by atoms with E-state index in [-0.39, 0.29) is 0 Å². The molecule has 0 N–H and O–H groups in total. The monoisotopic (exact) mass is 314 g/mol. The summed E-state index contributed by atoms with van der Waals surface area (Å²) in [6.45, 7) is 20.8. The van der Waals surface area contributed by atoms with Gasteiger partial charge in [-0.15, -0.1) is 0 Å². The minimum atomic E-state index is 0.639. The van der Waals surface area contributed by atoms with Crippen LogP contribution in [0.25, 0.3) is 0 Å². The van der Waals surface area contributed by atoms with Gasteiger partial charge < -0.3 is 4.90 Å². The standard InChI is InChI=1S/C8H15N.C6H13N.3C2H6/c1-8-4-2-6-9(8)7-3-5-8;1-6-4-3-5-7(6)2;3*1-2/h2-7H2,1H3;6H,3-5H2,1-2H3;3*1-2H3. The van der Waals surface area contributed by atoms with E-state index in [4.69, 9.17) is 0 Å². The Morgan fingerprint density at radius 2 is 1.23 bits per heavy atom. The summed E-state index contributed by atoms with van der Waals surface area (Å²) in [4.78, 5) is 5.06. The van der Waals surface area contributed by atoms with Crippen LogP contribution in [0.4, 0.5) is 0 Å². The molecule has 0 radical (unpaired) electrons.